The highest BCUT2D eigenvalue weighted by atomic mass is 32.2. The van der Waals surface area contributed by atoms with Crippen LogP contribution in [0.15, 0.2) is 52.4 Å². The lowest BCUT2D eigenvalue weighted by Gasteiger charge is -2.34. The molecule has 8 nitrogen and oxygen atoms in total. The molecule has 0 bridgehead atoms. The Labute approximate surface area is 215 Å². The molecule has 0 radical (unpaired) electrons. The van der Waals surface area contributed by atoms with Crippen molar-refractivity contribution in [3.63, 3.8) is 0 Å². The smallest absolute Gasteiger partial charge is 0.326 e. The van der Waals surface area contributed by atoms with Crippen LogP contribution in [0.25, 0.3) is 10.2 Å². The number of nitrogens with zero attached hydrogens (tertiary/aromatic N) is 3. The summed E-state index contributed by atoms with van der Waals surface area (Å²) in [7, 11) is -3.63. The van der Waals surface area contributed by atoms with Crippen molar-refractivity contribution in [3.05, 3.63) is 58.4 Å². The first-order valence-corrected chi connectivity index (χ1v) is 14.5. The van der Waals surface area contributed by atoms with Crippen LogP contribution in [0.5, 0.6) is 0 Å². The number of ether oxygens (including phenoxy) is 1. The Bertz CT molecular complexity index is 1440. The number of aryl methyl sites for hydroxylation is 1. The number of hydrogen-bond acceptors (Lipinski definition) is 6. The summed E-state index contributed by atoms with van der Waals surface area (Å²) in [6, 6.07) is 11.7. The molecule has 1 saturated heterocycles. The number of thiazole rings is 1. The highest BCUT2D eigenvalue weighted by Gasteiger charge is 2.32. The molecule has 0 saturated carbocycles. The van der Waals surface area contributed by atoms with Crippen molar-refractivity contribution >= 4 is 43.5 Å². The van der Waals surface area contributed by atoms with Crippen molar-refractivity contribution in [2.45, 2.75) is 63.9 Å². The first-order valence-electron chi connectivity index (χ1n) is 12.2. The van der Waals surface area contributed by atoms with Crippen LogP contribution < -0.4 is 4.80 Å². The quantitative estimate of drug-likeness (QED) is 0.426. The summed E-state index contributed by atoms with van der Waals surface area (Å²) in [5, 5.41) is 0. The number of carbonyl (C=O) groups excluding carboxylic acids is 2. The number of carbonyl (C=O) groups is 2. The maximum absolute atomic E-state index is 13.2. The average molecular weight is 530 g/mol. The van der Waals surface area contributed by atoms with Gasteiger partial charge in [-0.2, -0.15) is 9.30 Å². The maximum Gasteiger partial charge on any atom is 0.326 e. The number of piperidine rings is 1. The first kappa shape index (κ1) is 26.2. The highest BCUT2D eigenvalue weighted by molar-refractivity contribution is 7.89. The molecule has 0 spiro atoms. The van der Waals surface area contributed by atoms with Gasteiger partial charge in [0.25, 0.3) is 5.91 Å². The van der Waals surface area contributed by atoms with Crippen molar-refractivity contribution in [1.82, 2.24) is 8.87 Å². The van der Waals surface area contributed by atoms with Gasteiger partial charge >= 0.3 is 5.97 Å². The largest absolute Gasteiger partial charge is 0.465 e. The number of hydrogen-bond donors (Lipinski definition) is 0. The zero-order valence-electron chi connectivity index (χ0n) is 20.8. The number of aromatic nitrogens is 1. The third-order valence-electron chi connectivity index (χ3n) is 6.44. The third kappa shape index (κ3) is 5.30. The third-order valence-corrected chi connectivity index (χ3v) is 9.45. The normalized spacial score (nSPS) is 17.4. The van der Waals surface area contributed by atoms with Gasteiger partial charge in [0, 0.05) is 18.2 Å². The average Bonchev–Trinajstić information content (AvgIpc) is 3.21. The molecule has 1 fully saturated rings. The molecule has 1 unspecified atom stereocenters. The van der Waals surface area contributed by atoms with Crippen LogP contribution in [-0.2, 0) is 26.1 Å². The van der Waals surface area contributed by atoms with Crippen LogP contribution in [0.3, 0.4) is 0 Å². The Hall–Kier alpha value is -2.82. The lowest BCUT2D eigenvalue weighted by molar-refractivity contribution is -0.143. The number of benzene rings is 2. The summed E-state index contributed by atoms with van der Waals surface area (Å²) in [5.74, 6) is -0.919. The summed E-state index contributed by atoms with van der Waals surface area (Å²) in [4.78, 5) is 30.2. The molecule has 2 aromatic carbocycles. The molecule has 1 amide bonds. The van der Waals surface area contributed by atoms with Gasteiger partial charge in [0.05, 0.1) is 21.7 Å². The molecule has 0 N–H and O–H groups in total. The molecule has 0 aliphatic carbocycles. The Kier molecular flexibility index (Phi) is 8.07. The Morgan fingerprint density at radius 2 is 1.86 bits per heavy atom. The Morgan fingerprint density at radius 3 is 2.56 bits per heavy atom. The number of esters is 1. The van der Waals surface area contributed by atoms with Crippen molar-refractivity contribution in [1.29, 1.82) is 0 Å². The van der Waals surface area contributed by atoms with Gasteiger partial charge in [0.1, 0.15) is 6.54 Å². The lowest BCUT2D eigenvalue weighted by Crippen LogP contribution is -2.43. The number of amides is 1. The predicted molar refractivity (Wildman–Crippen MR) is 139 cm³/mol. The summed E-state index contributed by atoms with van der Waals surface area (Å²) in [6.45, 7) is 6.40. The molecule has 1 aliphatic rings. The standard InChI is InChI=1S/C26H31N3O5S2/c1-4-20-10-6-7-16-29(20)36(32,33)21-14-12-19(13-15-21)25(31)27-26-28(17-23(30)34-5-2)24-18(3)9-8-11-22(24)35-26/h8-9,11-15,20H,4-7,10,16-17H2,1-3H3. The van der Waals surface area contributed by atoms with Gasteiger partial charge in [-0.1, -0.05) is 36.8 Å². The molecule has 10 heteroatoms. The zero-order chi connectivity index (χ0) is 25.9. The van der Waals surface area contributed by atoms with Gasteiger partial charge in [0.15, 0.2) is 4.80 Å². The van der Waals surface area contributed by atoms with Gasteiger partial charge in [0.2, 0.25) is 10.0 Å². The number of fused-ring (bicyclic) bond motifs is 1. The fourth-order valence-electron chi connectivity index (χ4n) is 4.63. The lowest BCUT2D eigenvalue weighted by atomic mass is 10.0. The second-order valence-electron chi connectivity index (χ2n) is 8.81. The van der Waals surface area contributed by atoms with Crippen LogP contribution in [0.1, 0.15) is 55.5 Å². The summed E-state index contributed by atoms with van der Waals surface area (Å²) >= 11 is 1.32. The molecule has 1 atom stereocenters. The molecule has 4 rings (SSSR count). The van der Waals surface area contributed by atoms with Crippen molar-refractivity contribution in [3.8, 4) is 0 Å². The van der Waals surface area contributed by atoms with E-state index >= 15 is 0 Å². The maximum atomic E-state index is 13.2. The van der Waals surface area contributed by atoms with Crippen LogP contribution in [-0.4, -0.2) is 48.4 Å². The van der Waals surface area contributed by atoms with Crippen molar-refractivity contribution in [2.24, 2.45) is 4.99 Å². The van der Waals surface area contributed by atoms with E-state index in [-0.39, 0.29) is 29.7 Å². The second kappa shape index (κ2) is 11.1. The molecule has 3 aromatic rings. The monoisotopic (exact) mass is 529 g/mol. The van der Waals surface area contributed by atoms with E-state index in [0.29, 0.717) is 11.3 Å². The van der Waals surface area contributed by atoms with Crippen LogP contribution in [0.4, 0.5) is 0 Å². The minimum absolute atomic E-state index is 0.00585. The van der Waals surface area contributed by atoms with Crippen LogP contribution in [0.2, 0.25) is 0 Å². The SMILES string of the molecule is CCOC(=O)Cn1c(=NC(=O)c2ccc(S(=O)(=O)N3CCCCC3CC)cc2)sc2cccc(C)c21. The zero-order valence-corrected chi connectivity index (χ0v) is 22.4. The van der Waals surface area contributed by atoms with E-state index in [0.717, 1.165) is 41.5 Å². The fraction of sp³-hybridized carbons (Fsp3) is 0.423. The Morgan fingerprint density at radius 1 is 1.11 bits per heavy atom. The van der Waals surface area contributed by atoms with Crippen LogP contribution in [0, 0.1) is 6.92 Å². The van der Waals surface area contributed by atoms with Gasteiger partial charge in [-0.15, -0.1) is 0 Å². The molecule has 1 aromatic heterocycles. The van der Waals surface area contributed by atoms with E-state index in [2.05, 4.69) is 4.99 Å². The number of rotatable bonds is 7. The van der Waals surface area contributed by atoms with Gasteiger partial charge in [-0.3, -0.25) is 9.59 Å². The molecule has 1 aliphatic heterocycles. The summed E-state index contributed by atoms with van der Waals surface area (Å²) in [6.07, 6.45) is 3.53. The predicted octanol–water partition coefficient (Wildman–Crippen LogP) is 4.27. The fourth-order valence-corrected chi connectivity index (χ4v) is 7.50. The van der Waals surface area contributed by atoms with E-state index in [4.69, 9.17) is 4.74 Å². The molecule has 2 heterocycles. The van der Waals surface area contributed by atoms with E-state index in [1.165, 1.54) is 35.6 Å². The molecular formula is C26H31N3O5S2. The second-order valence-corrected chi connectivity index (χ2v) is 11.7. The molecule has 36 heavy (non-hydrogen) atoms. The van der Waals surface area contributed by atoms with Gasteiger partial charge in [-0.25, -0.2) is 8.42 Å². The highest BCUT2D eigenvalue weighted by Crippen LogP contribution is 2.27. The minimum atomic E-state index is -3.63. The Balaban J connectivity index is 1.66. The summed E-state index contributed by atoms with van der Waals surface area (Å²) < 4.78 is 35.8. The van der Waals surface area contributed by atoms with E-state index in [9.17, 15) is 18.0 Å². The van der Waals surface area contributed by atoms with Gasteiger partial charge < -0.3 is 9.30 Å². The van der Waals surface area contributed by atoms with E-state index in [1.54, 1.807) is 15.8 Å². The topological polar surface area (TPSA) is 98.0 Å². The first-order chi connectivity index (χ1) is 17.3. The van der Waals surface area contributed by atoms with E-state index in [1.807, 2.05) is 32.0 Å². The van der Waals surface area contributed by atoms with E-state index < -0.39 is 21.9 Å². The molecular weight excluding hydrogens is 498 g/mol. The van der Waals surface area contributed by atoms with Crippen molar-refractivity contribution < 1.29 is 22.7 Å². The molecule has 192 valence electrons. The minimum Gasteiger partial charge on any atom is -0.465 e. The van der Waals surface area contributed by atoms with Gasteiger partial charge in [-0.05, 0) is 69.0 Å². The van der Waals surface area contributed by atoms with Crippen LogP contribution >= 0.6 is 11.3 Å². The van der Waals surface area contributed by atoms with Crippen molar-refractivity contribution in [2.75, 3.05) is 13.2 Å². The number of para-hydroxylation sites is 1. The summed E-state index contributed by atoms with van der Waals surface area (Å²) in [5.41, 5.74) is 2.06. The number of sulfonamides is 1.